The maximum Gasteiger partial charge on any atom is 0.168 e. The van der Waals surface area contributed by atoms with Gasteiger partial charge in [0.05, 0.1) is 0 Å². The number of nitrogens with zero attached hydrogens (tertiary/aromatic N) is 2. The molecule has 0 amide bonds. The van der Waals surface area contributed by atoms with Crippen molar-refractivity contribution < 1.29 is 4.74 Å². The van der Waals surface area contributed by atoms with E-state index in [1.165, 1.54) is 0 Å². The number of aromatic nitrogens is 2. The second-order valence-electron chi connectivity index (χ2n) is 3.59. The lowest BCUT2D eigenvalue weighted by atomic mass is 10.3. The number of nitrogens with two attached hydrogens (primary N) is 1. The van der Waals surface area contributed by atoms with Gasteiger partial charge >= 0.3 is 0 Å². The van der Waals surface area contributed by atoms with Gasteiger partial charge in [-0.25, -0.2) is 9.97 Å². The Hall–Kier alpha value is -1.62. The molecule has 2 N–H and O–H groups in total. The third-order valence-electron chi connectivity index (χ3n) is 2.10. The first-order valence-corrected chi connectivity index (χ1v) is 5.91. The zero-order chi connectivity index (χ0) is 12.3. The fraction of sp³-hybridized carbons (Fsp3) is 0.167. The molecule has 1 heterocycles. The second-order valence-corrected chi connectivity index (χ2v) is 4.51. The van der Waals surface area contributed by atoms with E-state index in [1.807, 2.05) is 31.2 Å². The minimum Gasteiger partial charge on any atom is -0.486 e. The second kappa shape index (κ2) is 5.14. The Bertz CT molecular complexity index is 493. The van der Waals surface area contributed by atoms with Gasteiger partial charge < -0.3 is 10.5 Å². The summed E-state index contributed by atoms with van der Waals surface area (Å²) in [5, 5.41) is 0. The lowest BCUT2D eigenvalue weighted by Gasteiger charge is -2.06. The molecule has 0 spiro atoms. The van der Waals surface area contributed by atoms with Gasteiger partial charge in [-0.3, -0.25) is 0 Å². The molecular formula is C12H12BrN3O. The van der Waals surface area contributed by atoms with Crippen LogP contribution in [0.25, 0.3) is 0 Å². The van der Waals surface area contributed by atoms with E-state index in [0.717, 1.165) is 15.9 Å². The molecular weight excluding hydrogens is 282 g/mol. The Morgan fingerprint density at radius 3 is 2.59 bits per heavy atom. The van der Waals surface area contributed by atoms with E-state index in [1.54, 1.807) is 6.07 Å². The van der Waals surface area contributed by atoms with Crippen molar-refractivity contribution in [1.82, 2.24) is 9.97 Å². The number of rotatable bonds is 3. The van der Waals surface area contributed by atoms with Gasteiger partial charge in [0.1, 0.15) is 18.2 Å². The molecule has 0 bridgehead atoms. The minimum atomic E-state index is 0.313. The largest absolute Gasteiger partial charge is 0.486 e. The first-order chi connectivity index (χ1) is 8.13. The summed E-state index contributed by atoms with van der Waals surface area (Å²) in [6.07, 6.45) is 0. The van der Waals surface area contributed by atoms with Crippen LogP contribution < -0.4 is 10.5 Å². The number of hydrogen-bond donors (Lipinski definition) is 1. The van der Waals surface area contributed by atoms with Crippen molar-refractivity contribution in [2.24, 2.45) is 0 Å². The number of aryl methyl sites for hydroxylation is 1. The molecule has 0 atom stereocenters. The molecule has 17 heavy (non-hydrogen) atoms. The first kappa shape index (κ1) is 11.9. The van der Waals surface area contributed by atoms with Gasteiger partial charge in [-0.2, -0.15) is 0 Å². The fourth-order valence-electron chi connectivity index (χ4n) is 1.40. The van der Waals surface area contributed by atoms with Crippen molar-refractivity contribution in [2.75, 3.05) is 5.73 Å². The third-order valence-corrected chi connectivity index (χ3v) is 2.63. The average Bonchev–Trinajstić information content (AvgIpc) is 2.27. The van der Waals surface area contributed by atoms with Gasteiger partial charge in [-0.15, -0.1) is 0 Å². The number of nitrogen functional groups attached to an aromatic ring is 1. The van der Waals surface area contributed by atoms with E-state index in [-0.39, 0.29) is 0 Å². The summed E-state index contributed by atoms with van der Waals surface area (Å²) < 4.78 is 6.57. The summed E-state index contributed by atoms with van der Waals surface area (Å²) in [5.41, 5.74) is 6.48. The Balaban J connectivity index is 2.04. The van der Waals surface area contributed by atoms with E-state index in [2.05, 4.69) is 25.9 Å². The van der Waals surface area contributed by atoms with Crippen molar-refractivity contribution >= 4 is 21.7 Å². The number of benzene rings is 1. The summed E-state index contributed by atoms with van der Waals surface area (Å²) in [6.45, 7) is 2.19. The maximum absolute atomic E-state index is 5.64. The highest BCUT2D eigenvalue weighted by atomic mass is 79.9. The highest BCUT2D eigenvalue weighted by molar-refractivity contribution is 9.10. The molecule has 1 aromatic carbocycles. The molecule has 0 saturated heterocycles. The molecule has 0 aliphatic heterocycles. The molecule has 0 unspecified atom stereocenters. The molecule has 1 aromatic heterocycles. The minimum absolute atomic E-state index is 0.313. The summed E-state index contributed by atoms with van der Waals surface area (Å²) in [6, 6.07) is 9.32. The standard InChI is InChI=1S/C12H12BrN3O/c1-8-6-11(14)16-12(15-8)7-17-10-4-2-9(13)3-5-10/h2-6H,7H2,1H3,(H2,14,15,16). The van der Waals surface area contributed by atoms with Gasteiger partial charge in [-0.1, -0.05) is 15.9 Å². The Labute approximate surface area is 108 Å². The zero-order valence-electron chi connectivity index (χ0n) is 9.35. The molecule has 0 saturated carbocycles. The fourth-order valence-corrected chi connectivity index (χ4v) is 1.66. The Kier molecular flexibility index (Phi) is 3.58. The van der Waals surface area contributed by atoms with E-state index in [4.69, 9.17) is 10.5 Å². The van der Waals surface area contributed by atoms with E-state index in [0.29, 0.717) is 18.2 Å². The van der Waals surface area contributed by atoms with Crippen LogP contribution in [0.4, 0.5) is 5.82 Å². The predicted molar refractivity (Wildman–Crippen MR) is 69.7 cm³/mol. The van der Waals surface area contributed by atoms with Crippen LogP contribution in [0, 0.1) is 6.92 Å². The van der Waals surface area contributed by atoms with Crippen LogP contribution in [0.3, 0.4) is 0 Å². The first-order valence-electron chi connectivity index (χ1n) is 5.12. The summed E-state index contributed by atoms with van der Waals surface area (Å²) in [4.78, 5) is 8.34. The SMILES string of the molecule is Cc1cc(N)nc(COc2ccc(Br)cc2)n1. The normalized spacial score (nSPS) is 10.2. The lowest BCUT2D eigenvalue weighted by Crippen LogP contribution is -2.05. The highest BCUT2D eigenvalue weighted by Crippen LogP contribution is 2.17. The van der Waals surface area contributed by atoms with E-state index >= 15 is 0 Å². The van der Waals surface area contributed by atoms with Gasteiger partial charge in [0.25, 0.3) is 0 Å². The highest BCUT2D eigenvalue weighted by Gasteiger charge is 2.01. The molecule has 5 heteroatoms. The van der Waals surface area contributed by atoms with Gasteiger partial charge in [0, 0.05) is 16.2 Å². The molecule has 0 aliphatic carbocycles. The summed E-state index contributed by atoms with van der Waals surface area (Å²) >= 11 is 3.36. The summed E-state index contributed by atoms with van der Waals surface area (Å²) in [7, 11) is 0. The van der Waals surface area contributed by atoms with Crippen molar-refractivity contribution in [3.8, 4) is 5.75 Å². The lowest BCUT2D eigenvalue weighted by molar-refractivity contribution is 0.295. The maximum atomic E-state index is 5.64. The van der Waals surface area contributed by atoms with E-state index < -0.39 is 0 Å². The molecule has 2 aromatic rings. The third kappa shape index (κ3) is 3.42. The molecule has 0 aliphatic rings. The van der Waals surface area contributed by atoms with Crippen molar-refractivity contribution in [3.05, 3.63) is 46.3 Å². The smallest absolute Gasteiger partial charge is 0.168 e. The van der Waals surface area contributed by atoms with Gasteiger partial charge in [0.2, 0.25) is 0 Å². The van der Waals surface area contributed by atoms with Crippen LogP contribution in [0.5, 0.6) is 5.75 Å². The molecule has 4 nitrogen and oxygen atoms in total. The molecule has 88 valence electrons. The molecule has 0 fully saturated rings. The van der Waals surface area contributed by atoms with Crippen molar-refractivity contribution in [2.45, 2.75) is 13.5 Å². The van der Waals surface area contributed by atoms with Crippen molar-refractivity contribution in [3.63, 3.8) is 0 Å². The van der Waals surface area contributed by atoms with Crippen LogP contribution in [0.1, 0.15) is 11.5 Å². The molecule has 2 rings (SSSR count). The zero-order valence-corrected chi connectivity index (χ0v) is 10.9. The number of ether oxygens (including phenoxy) is 1. The van der Waals surface area contributed by atoms with Crippen LogP contribution >= 0.6 is 15.9 Å². The summed E-state index contributed by atoms with van der Waals surface area (Å²) in [5.74, 6) is 1.83. The van der Waals surface area contributed by atoms with Crippen LogP contribution in [-0.2, 0) is 6.61 Å². The monoisotopic (exact) mass is 293 g/mol. The topological polar surface area (TPSA) is 61.0 Å². The van der Waals surface area contributed by atoms with Gasteiger partial charge in [0.15, 0.2) is 5.82 Å². The van der Waals surface area contributed by atoms with Gasteiger partial charge in [-0.05, 0) is 31.2 Å². The molecule has 0 radical (unpaired) electrons. The Morgan fingerprint density at radius 1 is 1.24 bits per heavy atom. The quantitative estimate of drug-likeness (QED) is 0.945. The average molecular weight is 294 g/mol. The van der Waals surface area contributed by atoms with Crippen LogP contribution in [-0.4, -0.2) is 9.97 Å². The number of halogens is 1. The van der Waals surface area contributed by atoms with E-state index in [9.17, 15) is 0 Å². The van der Waals surface area contributed by atoms with Crippen LogP contribution in [0.15, 0.2) is 34.8 Å². The van der Waals surface area contributed by atoms with Crippen molar-refractivity contribution in [1.29, 1.82) is 0 Å². The number of hydrogen-bond acceptors (Lipinski definition) is 4. The predicted octanol–water partition coefficient (Wildman–Crippen LogP) is 2.71. The number of anilines is 1. The Morgan fingerprint density at radius 2 is 1.94 bits per heavy atom. The van der Waals surface area contributed by atoms with Crippen LogP contribution in [0.2, 0.25) is 0 Å².